The number of methoxy groups -OCH3 is 1. The van der Waals surface area contributed by atoms with Gasteiger partial charge in [-0.3, -0.25) is 4.90 Å². The summed E-state index contributed by atoms with van der Waals surface area (Å²) in [6.07, 6.45) is -0.414. The molecule has 2 rings (SSSR count). The molecule has 0 saturated carbocycles. The third kappa shape index (κ3) is 3.16. The maximum atomic E-state index is 11.4. The maximum absolute atomic E-state index is 11.4. The van der Waals surface area contributed by atoms with Crippen LogP contribution >= 0.6 is 35.1 Å². The quantitative estimate of drug-likeness (QED) is 0.788. The van der Waals surface area contributed by atoms with Gasteiger partial charge in [-0.15, -0.1) is 11.8 Å². The number of benzene rings is 1. The number of rotatable bonds is 3. The van der Waals surface area contributed by atoms with Crippen LogP contribution in [0.5, 0.6) is 0 Å². The Morgan fingerprint density at radius 2 is 2.22 bits per heavy atom. The summed E-state index contributed by atoms with van der Waals surface area (Å²) in [5, 5.41) is 0.466. The van der Waals surface area contributed by atoms with E-state index in [0.717, 1.165) is 9.99 Å². The van der Waals surface area contributed by atoms with Crippen LogP contribution in [0, 0.1) is 0 Å². The van der Waals surface area contributed by atoms with Crippen molar-refractivity contribution in [3.63, 3.8) is 0 Å². The first kappa shape index (κ1) is 13.6. The van der Waals surface area contributed by atoms with Gasteiger partial charge in [-0.2, -0.15) is 0 Å². The summed E-state index contributed by atoms with van der Waals surface area (Å²) in [5.41, 5.74) is 1.23. The second-order valence-corrected chi connectivity index (χ2v) is 6.08. The van der Waals surface area contributed by atoms with Gasteiger partial charge in [0.15, 0.2) is 0 Å². The molecular weight excluding hydrogens is 290 g/mol. The van der Waals surface area contributed by atoms with Crippen LogP contribution in [0.4, 0.5) is 4.79 Å². The summed E-state index contributed by atoms with van der Waals surface area (Å²) >= 11 is 9.34. The first-order chi connectivity index (χ1) is 8.72. The van der Waals surface area contributed by atoms with E-state index in [-0.39, 0.29) is 0 Å². The molecular formula is C12H12ClNO2S2. The number of ether oxygens (including phenoxy) is 1. The molecule has 1 aliphatic rings. The third-order valence-corrected chi connectivity index (χ3v) is 5.44. The van der Waals surface area contributed by atoms with Crippen LogP contribution in [0.3, 0.4) is 0 Å². The lowest BCUT2D eigenvalue weighted by molar-refractivity contribution is 0.145. The first-order valence-electron chi connectivity index (χ1n) is 5.27. The molecule has 0 saturated heterocycles. The topological polar surface area (TPSA) is 29.5 Å². The van der Waals surface area contributed by atoms with E-state index in [4.69, 9.17) is 11.6 Å². The minimum atomic E-state index is -0.414. The van der Waals surface area contributed by atoms with Crippen molar-refractivity contribution in [1.29, 1.82) is 0 Å². The fourth-order valence-corrected chi connectivity index (χ4v) is 4.04. The Hall–Kier alpha value is -0.780. The Kier molecular flexibility index (Phi) is 4.86. The molecule has 0 radical (unpaired) electrons. The molecule has 3 nitrogen and oxygen atoms in total. The van der Waals surface area contributed by atoms with Gasteiger partial charge in [-0.25, -0.2) is 4.79 Å². The molecule has 0 unspecified atom stereocenters. The summed E-state index contributed by atoms with van der Waals surface area (Å²) in [6.45, 7) is 0. The highest BCUT2D eigenvalue weighted by Gasteiger charge is 2.27. The molecule has 6 heteroatoms. The molecule has 0 fully saturated rings. The average Bonchev–Trinajstić information content (AvgIpc) is 2.78. The normalized spacial score (nSPS) is 15.1. The number of carbonyl (C=O) groups is 1. The molecule has 1 heterocycles. The molecule has 0 aromatic heterocycles. The van der Waals surface area contributed by atoms with Crippen LogP contribution in [-0.2, 0) is 10.5 Å². The predicted octanol–water partition coefficient (Wildman–Crippen LogP) is 4.06. The molecule has 0 bridgehead atoms. The fraction of sp³-hybridized carbons (Fsp3) is 0.250. The molecule has 0 N–H and O–H groups in total. The number of thioether (sulfide) groups is 2. The summed E-state index contributed by atoms with van der Waals surface area (Å²) < 4.78 is 5.63. The van der Waals surface area contributed by atoms with E-state index in [1.165, 1.54) is 17.6 Å². The van der Waals surface area contributed by atoms with Crippen molar-refractivity contribution in [2.75, 3.05) is 13.0 Å². The van der Waals surface area contributed by atoms with E-state index in [2.05, 4.69) is 16.9 Å². The van der Waals surface area contributed by atoms with Crippen molar-refractivity contribution in [2.24, 2.45) is 0 Å². The van der Waals surface area contributed by atoms with Crippen LogP contribution in [0.25, 0.3) is 0 Å². The zero-order valence-electron chi connectivity index (χ0n) is 9.76. The van der Waals surface area contributed by atoms with E-state index in [1.807, 2.05) is 18.2 Å². The van der Waals surface area contributed by atoms with E-state index in [1.54, 1.807) is 23.5 Å². The predicted molar refractivity (Wildman–Crippen MR) is 77.3 cm³/mol. The highest BCUT2D eigenvalue weighted by atomic mass is 35.5. The largest absolute Gasteiger partial charge is 0.452 e. The lowest BCUT2D eigenvalue weighted by Crippen LogP contribution is -2.25. The van der Waals surface area contributed by atoms with Crippen LogP contribution in [0.15, 0.2) is 39.7 Å². The Balaban J connectivity index is 1.98. The average molecular weight is 302 g/mol. The number of hydrogen-bond donors (Lipinski definition) is 0. The van der Waals surface area contributed by atoms with Crippen molar-refractivity contribution in [3.8, 4) is 0 Å². The molecule has 0 atom stereocenters. The number of carbonyl (C=O) groups excluding carboxylic acids is 1. The number of amides is 1. The van der Waals surface area contributed by atoms with Gasteiger partial charge < -0.3 is 4.74 Å². The van der Waals surface area contributed by atoms with Gasteiger partial charge in [0, 0.05) is 5.75 Å². The molecule has 18 heavy (non-hydrogen) atoms. The van der Waals surface area contributed by atoms with Gasteiger partial charge in [0.05, 0.1) is 17.2 Å². The summed E-state index contributed by atoms with van der Waals surface area (Å²) in [7, 11) is 1.35. The van der Waals surface area contributed by atoms with E-state index in [9.17, 15) is 4.79 Å². The first-order valence-corrected chi connectivity index (χ1v) is 7.62. The molecule has 1 aliphatic heterocycles. The highest BCUT2D eigenvalue weighted by Crippen LogP contribution is 2.42. The summed E-state index contributed by atoms with van der Waals surface area (Å²) in [5.74, 6) is 1.36. The summed E-state index contributed by atoms with van der Waals surface area (Å²) in [6, 6.07) is 10.1. The Morgan fingerprint density at radius 1 is 1.50 bits per heavy atom. The second-order valence-electron chi connectivity index (χ2n) is 3.52. The monoisotopic (exact) mass is 301 g/mol. The van der Waals surface area contributed by atoms with E-state index >= 15 is 0 Å². The highest BCUT2D eigenvalue weighted by molar-refractivity contribution is 8.22. The van der Waals surface area contributed by atoms with Crippen LogP contribution in [-0.4, -0.2) is 24.0 Å². The van der Waals surface area contributed by atoms with Crippen molar-refractivity contribution in [2.45, 2.75) is 5.75 Å². The van der Waals surface area contributed by atoms with Crippen molar-refractivity contribution in [1.82, 2.24) is 4.90 Å². The van der Waals surface area contributed by atoms with Crippen molar-refractivity contribution >= 4 is 41.2 Å². The third-order valence-electron chi connectivity index (χ3n) is 2.34. The molecule has 0 spiro atoms. The Labute approximate surface area is 120 Å². The van der Waals surface area contributed by atoms with Gasteiger partial charge in [-0.05, 0) is 5.56 Å². The number of hydrogen-bond acceptors (Lipinski definition) is 4. The second kappa shape index (κ2) is 6.41. The van der Waals surface area contributed by atoms with Gasteiger partial charge in [0.25, 0.3) is 0 Å². The van der Waals surface area contributed by atoms with E-state index < -0.39 is 6.09 Å². The molecule has 96 valence electrons. The van der Waals surface area contributed by atoms with Gasteiger partial charge in [0.1, 0.15) is 5.16 Å². The zero-order valence-corrected chi connectivity index (χ0v) is 12.1. The number of halogens is 1. The standard InChI is InChI=1S/C12H12ClNO2S2/c1-16-12(15)14-8-18-11(10(14)13)17-7-9-5-3-2-4-6-9/h2-6H,7-8H2,1H3. The fourth-order valence-electron chi connectivity index (χ4n) is 1.42. The van der Waals surface area contributed by atoms with Crippen LogP contribution in [0.1, 0.15) is 5.56 Å². The van der Waals surface area contributed by atoms with Crippen LogP contribution < -0.4 is 0 Å². The molecule has 1 amide bonds. The van der Waals surface area contributed by atoms with Crippen LogP contribution in [0.2, 0.25) is 0 Å². The zero-order chi connectivity index (χ0) is 13.0. The van der Waals surface area contributed by atoms with Crippen molar-refractivity contribution < 1.29 is 9.53 Å². The van der Waals surface area contributed by atoms with Gasteiger partial charge in [-0.1, -0.05) is 53.7 Å². The molecule has 0 aliphatic carbocycles. The summed E-state index contributed by atoms with van der Waals surface area (Å²) in [4.78, 5) is 12.8. The smallest absolute Gasteiger partial charge is 0.415 e. The SMILES string of the molecule is COC(=O)N1CSC(SCc2ccccc2)=C1Cl. The minimum absolute atomic E-state index is 0.414. The maximum Gasteiger partial charge on any atom is 0.415 e. The lowest BCUT2D eigenvalue weighted by Gasteiger charge is -2.12. The minimum Gasteiger partial charge on any atom is -0.452 e. The number of nitrogens with zero attached hydrogens (tertiary/aromatic N) is 1. The lowest BCUT2D eigenvalue weighted by atomic mass is 10.2. The van der Waals surface area contributed by atoms with Gasteiger partial charge >= 0.3 is 6.09 Å². The van der Waals surface area contributed by atoms with Gasteiger partial charge in [0.2, 0.25) is 0 Å². The molecule has 1 aromatic rings. The Morgan fingerprint density at radius 3 is 2.89 bits per heavy atom. The van der Waals surface area contributed by atoms with Crippen molar-refractivity contribution in [3.05, 3.63) is 45.3 Å². The molecule has 1 aromatic carbocycles. The van der Waals surface area contributed by atoms with E-state index in [0.29, 0.717) is 11.0 Å². The Bertz CT molecular complexity index is 464.